The van der Waals surface area contributed by atoms with Crippen LogP contribution in [-0.4, -0.2) is 10.9 Å². The quantitative estimate of drug-likeness (QED) is 0.822. The van der Waals surface area contributed by atoms with E-state index in [0.29, 0.717) is 0 Å². The first kappa shape index (κ1) is 16.5. The van der Waals surface area contributed by atoms with Crippen molar-refractivity contribution in [2.24, 2.45) is 5.92 Å². The molecule has 1 aliphatic carbocycles. The molecule has 1 aromatic heterocycles. The van der Waals surface area contributed by atoms with Gasteiger partial charge in [-0.05, 0) is 49.1 Å². The number of aryl methyl sites for hydroxylation is 1. The molecule has 24 heavy (non-hydrogen) atoms. The minimum Gasteiger partial charge on any atom is -0.340 e. The molecular formula is C20H25N3O. The van der Waals surface area contributed by atoms with Gasteiger partial charge in [-0.2, -0.15) is 0 Å². The van der Waals surface area contributed by atoms with Crippen LogP contribution in [-0.2, 0) is 11.2 Å². The van der Waals surface area contributed by atoms with Crippen LogP contribution in [0.15, 0.2) is 42.6 Å². The van der Waals surface area contributed by atoms with Crippen molar-refractivity contribution in [3.05, 3.63) is 48.2 Å². The van der Waals surface area contributed by atoms with E-state index < -0.39 is 0 Å². The fraction of sp³-hybridized carbons (Fsp3) is 0.400. The van der Waals surface area contributed by atoms with Crippen LogP contribution in [0.1, 0.15) is 44.6 Å². The number of nitrogens with one attached hydrogen (secondary N) is 2. The third kappa shape index (κ3) is 4.34. The summed E-state index contributed by atoms with van der Waals surface area (Å²) in [6.45, 7) is 2.14. The maximum atomic E-state index is 12.2. The molecule has 0 unspecified atom stereocenters. The molecule has 1 fully saturated rings. The topological polar surface area (TPSA) is 54.0 Å². The van der Waals surface area contributed by atoms with Crippen LogP contribution in [0, 0.1) is 5.92 Å². The van der Waals surface area contributed by atoms with Crippen molar-refractivity contribution in [1.82, 2.24) is 4.98 Å². The van der Waals surface area contributed by atoms with Gasteiger partial charge in [0.1, 0.15) is 5.82 Å². The molecule has 0 spiro atoms. The Morgan fingerprint density at radius 1 is 1.04 bits per heavy atom. The van der Waals surface area contributed by atoms with Gasteiger partial charge in [0.15, 0.2) is 0 Å². The first-order chi connectivity index (χ1) is 11.7. The summed E-state index contributed by atoms with van der Waals surface area (Å²) in [5.41, 5.74) is 3.09. The zero-order valence-electron chi connectivity index (χ0n) is 14.2. The highest BCUT2D eigenvalue weighted by Crippen LogP contribution is 2.25. The smallest absolute Gasteiger partial charge is 0.227 e. The van der Waals surface area contributed by atoms with Crippen LogP contribution in [0.3, 0.4) is 0 Å². The van der Waals surface area contributed by atoms with Gasteiger partial charge in [0.2, 0.25) is 5.91 Å². The van der Waals surface area contributed by atoms with Gasteiger partial charge in [-0.1, -0.05) is 38.3 Å². The zero-order chi connectivity index (χ0) is 16.8. The Balaban J connectivity index is 1.57. The molecule has 1 aromatic carbocycles. The van der Waals surface area contributed by atoms with Crippen molar-refractivity contribution >= 4 is 23.1 Å². The molecular weight excluding hydrogens is 298 g/mol. The van der Waals surface area contributed by atoms with Crippen LogP contribution < -0.4 is 10.6 Å². The highest BCUT2D eigenvalue weighted by molar-refractivity contribution is 5.92. The number of amides is 1. The summed E-state index contributed by atoms with van der Waals surface area (Å²) in [5, 5.41) is 6.26. The van der Waals surface area contributed by atoms with Crippen LogP contribution in [0.2, 0.25) is 0 Å². The highest BCUT2D eigenvalue weighted by atomic mass is 16.1. The van der Waals surface area contributed by atoms with E-state index in [1.807, 2.05) is 12.1 Å². The van der Waals surface area contributed by atoms with Gasteiger partial charge in [-0.25, -0.2) is 4.98 Å². The lowest BCUT2D eigenvalue weighted by Gasteiger charge is -2.20. The third-order valence-electron chi connectivity index (χ3n) is 4.64. The minimum absolute atomic E-state index is 0.132. The molecule has 0 atom stereocenters. The predicted octanol–water partition coefficient (Wildman–Crippen LogP) is 4.91. The van der Waals surface area contributed by atoms with E-state index in [2.05, 4.69) is 46.8 Å². The second kappa shape index (κ2) is 7.95. The number of pyridine rings is 1. The number of carbonyl (C=O) groups excluding carboxylic acids is 1. The Kier molecular flexibility index (Phi) is 5.47. The molecule has 0 aliphatic heterocycles. The molecule has 2 aromatic rings. The number of rotatable bonds is 5. The summed E-state index contributed by atoms with van der Waals surface area (Å²) in [7, 11) is 0. The summed E-state index contributed by atoms with van der Waals surface area (Å²) in [5.74, 6) is 1.07. The molecule has 2 N–H and O–H groups in total. The van der Waals surface area contributed by atoms with Crippen molar-refractivity contribution in [1.29, 1.82) is 0 Å². The molecule has 3 rings (SSSR count). The molecule has 4 nitrogen and oxygen atoms in total. The van der Waals surface area contributed by atoms with Crippen molar-refractivity contribution in [3.63, 3.8) is 0 Å². The number of hydrogen-bond acceptors (Lipinski definition) is 3. The second-order valence-corrected chi connectivity index (χ2v) is 6.43. The number of benzene rings is 1. The molecule has 0 bridgehead atoms. The van der Waals surface area contributed by atoms with Gasteiger partial charge >= 0.3 is 0 Å². The van der Waals surface area contributed by atoms with Crippen LogP contribution in [0.4, 0.5) is 17.2 Å². The molecule has 126 valence electrons. The van der Waals surface area contributed by atoms with Gasteiger partial charge in [0, 0.05) is 11.6 Å². The largest absolute Gasteiger partial charge is 0.340 e. The third-order valence-corrected chi connectivity index (χ3v) is 4.64. The van der Waals surface area contributed by atoms with Crippen LogP contribution in [0.25, 0.3) is 0 Å². The Morgan fingerprint density at radius 3 is 2.38 bits per heavy atom. The van der Waals surface area contributed by atoms with Crippen molar-refractivity contribution in [3.8, 4) is 0 Å². The standard InChI is InChI=1S/C20H25N3O/c1-2-15-8-10-17(11-9-15)22-19-13-12-18(14-21-19)23-20(24)16-6-4-3-5-7-16/h8-14,16H,2-7H2,1H3,(H,21,22)(H,23,24). The number of carbonyl (C=O) groups is 1. The lowest BCUT2D eigenvalue weighted by Crippen LogP contribution is -2.24. The fourth-order valence-corrected chi connectivity index (χ4v) is 3.12. The number of hydrogen-bond donors (Lipinski definition) is 2. The fourth-order valence-electron chi connectivity index (χ4n) is 3.12. The molecule has 0 saturated heterocycles. The minimum atomic E-state index is 0.132. The molecule has 4 heteroatoms. The average molecular weight is 323 g/mol. The molecule has 0 radical (unpaired) electrons. The van der Waals surface area contributed by atoms with E-state index >= 15 is 0 Å². The Hall–Kier alpha value is -2.36. The summed E-state index contributed by atoms with van der Waals surface area (Å²) >= 11 is 0. The van der Waals surface area contributed by atoms with Crippen molar-refractivity contribution in [2.45, 2.75) is 45.4 Å². The first-order valence-corrected chi connectivity index (χ1v) is 8.87. The average Bonchev–Trinajstić information content (AvgIpc) is 2.65. The van der Waals surface area contributed by atoms with Gasteiger partial charge in [0.25, 0.3) is 0 Å². The Bertz CT molecular complexity index is 658. The molecule has 1 amide bonds. The monoisotopic (exact) mass is 323 g/mol. The first-order valence-electron chi connectivity index (χ1n) is 8.87. The summed E-state index contributed by atoms with van der Waals surface area (Å²) in [4.78, 5) is 16.6. The highest BCUT2D eigenvalue weighted by Gasteiger charge is 2.20. The summed E-state index contributed by atoms with van der Waals surface area (Å²) in [6, 6.07) is 12.1. The summed E-state index contributed by atoms with van der Waals surface area (Å²) < 4.78 is 0. The molecule has 1 heterocycles. The van der Waals surface area contributed by atoms with E-state index in [-0.39, 0.29) is 11.8 Å². The summed E-state index contributed by atoms with van der Waals surface area (Å²) in [6.07, 6.45) is 8.34. The SMILES string of the molecule is CCc1ccc(Nc2ccc(NC(=O)C3CCCCC3)cn2)cc1. The van der Waals surface area contributed by atoms with Gasteiger partial charge in [0.05, 0.1) is 11.9 Å². The zero-order valence-corrected chi connectivity index (χ0v) is 14.2. The van der Waals surface area contributed by atoms with Gasteiger partial charge < -0.3 is 10.6 Å². The van der Waals surface area contributed by atoms with Crippen molar-refractivity contribution in [2.75, 3.05) is 10.6 Å². The van der Waals surface area contributed by atoms with Crippen LogP contribution >= 0.6 is 0 Å². The second-order valence-electron chi connectivity index (χ2n) is 6.43. The van der Waals surface area contributed by atoms with E-state index in [0.717, 1.165) is 49.3 Å². The predicted molar refractivity (Wildman–Crippen MR) is 98.5 cm³/mol. The normalized spacial score (nSPS) is 15.0. The number of nitrogens with zero attached hydrogens (tertiary/aromatic N) is 1. The Morgan fingerprint density at radius 2 is 1.75 bits per heavy atom. The molecule has 1 aliphatic rings. The molecule has 1 saturated carbocycles. The Labute approximate surface area is 143 Å². The van der Waals surface area contributed by atoms with Gasteiger partial charge in [-0.15, -0.1) is 0 Å². The van der Waals surface area contributed by atoms with Crippen LogP contribution in [0.5, 0.6) is 0 Å². The lowest BCUT2D eigenvalue weighted by molar-refractivity contribution is -0.120. The maximum absolute atomic E-state index is 12.2. The van der Waals surface area contributed by atoms with E-state index in [4.69, 9.17) is 0 Å². The lowest BCUT2D eigenvalue weighted by atomic mass is 9.88. The van der Waals surface area contributed by atoms with E-state index in [9.17, 15) is 4.79 Å². The van der Waals surface area contributed by atoms with E-state index in [1.54, 1.807) is 6.20 Å². The number of aromatic nitrogens is 1. The van der Waals surface area contributed by atoms with Gasteiger partial charge in [-0.3, -0.25) is 4.79 Å². The van der Waals surface area contributed by atoms with Crippen molar-refractivity contribution < 1.29 is 4.79 Å². The van der Waals surface area contributed by atoms with E-state index in [1.165, 1.54) is 12.0 Å². The maximum Gasteiger partial charge on any atom is 0.227 e. The number of anilines is 3.